The second kappa shape index (κ2) is 22.1. The van der Waals surface area contributed by atoms with Gasteiger partial charge >= 0.3 is 0 Å². The average Bonchev–Trinajstić information content (AvgIpc) is 3.29. The van der Waals surface area contributed by atoms with E-state index in [9.17, 15) is 14.4 Å². The number of benzene rings is 1. The topological polar surface area (TPSA) is 87.3 Å². The summed E-state index contributed by atoms with van der Waals surface area (Å²) < 4.78 is 0. The Bertz CT molecular complexity index is 933. The van der Waals surface area contributed by atoms with E-state index in [1.807, 2.05) is 58.3 Å². The van der Waals surface area contributed by atoms with Crippen molar-refractivity contribution in [3.63, 3.8) is 0 Å². The van der Waals surface area contributed by atoms with Crippen molar-refractivity contribution in [3.8, 4) is 0 Å². The third-order valence-corrected chi connectivity index (χ3v) is 6.41. The summed E-state index contributed by atoms with van der Waals surface area (Å²) in [5.74, 6) is 0.132. The molecule has 1 heterocycles. The number of carbonyl (C=O) groups is 3. The molecule has 2 rings (SSSR count). The standard InChI is InChI=1S/C10H15NOS.C8H8ClNS.C7H13NO2.C2H6/c1-4-8-9(7(2)12)6-13-10(8)5-11-3;1-6-2-3-7(10-5-11)4-8(6)9;1-6(4-3-5-9)7(10)8-2;1-2/h6,11H,4-5H2,1-3H3;2-5H,1H3,(H,10,11);5-6H,3-4H2,1-2H3,(H,8,10);1-2H3. The van der Waals surface area contributed by atoms with E-state index in [4.69, 9.17) is 11.6 Å². The molecule has 36 heavy (non-hydrogen) atoms. The average molecular weight is 556 g/mol. The van der Waals surface area contributed by atoms with Crippen LogP contribution in [0.4, 0.5) is 5.69 Å². The Labute approximate surface area is 231 Å². The molecule has 1 aromatic heterocycles. The summed E-state index contributed by atoms with van der Waals surface area (Å²) in [6, 6.07) is 5.73. The lowest BCUT2D eigenvalue weighted by molar-refractivity contribution is -0.124. The smallest absolute Gasteiger partial charge is 0.222 e. The van der Waals surface area contributed by atoms with Crippen molar-refractivity contribution < 1.29 is 14.4 Å². The quantitative estimate of drug-likeness (QED) is 0.173. The third-order valence-electron chi connectivity index (χ3n) is 4.86. The molecule has 0 bridgehead atoms. The van der Waals surface area contributed by atoms with Crippen LogP contribution in [0.1, 0.15) is 73.8 Å². The van der Waals surface area contributed by atoms with Crippen molar-refractivity contribution >= 4 is 64.3 Å². The van der Waals surface area contributed by atoms with E-state index in [0.717, 1.165) is 41.1 Å². The second-order valence-electron chi connectivity index (χ2n) is 7.48. The molecule has 1 atom stereocenters. The Balaban J connectivity index is 0. The summed E-state index contributed by atoms with van der Waals surface area (Å²) >= 11 is 12.2. The molecule has 0 spiro atoms. The van der Waals surface area contributed by atoms with Crippen molar-refractivity contribution in [1.29, 1.82) is 0 Å². The number of nitrogens with one attached hydrogen (secondary N) is 3. The number of amides is 1. The molecule has 0 fully saturated rings. The van der Waals surface area contributed by atoms with Gasteiger partial charge in [0.25, 0.3) is 0 Å². The van der Waals surface area contributed by atoms with Crippen LogP contribution >= 0.6 is 35.2 Å². The van der Waals surface area contributed by atoms with Crippen LogP contribution in [0.5, 0.6) is 0 Å². The Hall–Kier alpha value is -2.13. The number of hydrogen-bond donors (Lipinski definition) is 3. The number of rotatable bonds is 10. The van der Waals surface area contributed by atoms with Crippen LogP contribution in [-0.4, -0.2) is 37.6 Å². The maximum atomic E-state index is 11.2. The Kier molecular flexibility index (Phi) is 22.1. The van der Waals surface area contributed by atoms with E-state index in [1.54, 1.807) is 25.3 Å². The van der Waals surface area contributed by atoms with Crippen LogP contribution in [0, 0.1) is 12.8 Å². The summed E-state index contributed by atoms with van der Waals surface area (Å²) in [7, 11) is 3.52. The third kappa shape index (κ3) is 14.4. The summed E-state index contributed by atoms with van der Waals surface area (Å²) in [6.45, 7) is 12.4. The Morgan fingerprint density at radius 3 is 2.31 bits per heavy atom. The summed E-state index contributed by atoms with van der Waals surface area (Å²) in [4.78, 5) is 33.2. The molecule has 0 aliphatic rings. The van der Waals surface area contributed by atoms with Gasteiger partial charge in [-0.25, -0.2) is 0 Å². The lowest BCUT2D eigenvalue weighted by Crippen LogP contribution is -2.25. The lowest BCUT2D eigenvalue weighted by atomic mass is 10.1. The van der Waals surface area contributed by atoms with Gasteiger partial charge in [-0.3, -0.25) is 9.59 Å². The Morgan fingerprint density at radius 1 is 1.22 bits per heavy atom. The normalized spacial score (nSPS) is 10.1. The molecule has 9 heteroatoms. The number of hydrogen-bond acceptors (Lipinski definition) is 6. The first-order valence-corrected chi connectivity index (χ1v) is 13.8. The first-order chi connectivity index (χ1) is 17.2. The van der Waals surface area contributed by atoms with Gasteiger partial charge in [-0.2, -0.15) is 0 Å². The molecule has 1 unspecified atom stereocenters. The highest BCUT2D eigenvalue weighted by atomic mass is 35.5. The van der Waals surface area contributed by atoms with E-state index in [0.29, 0.717) is 12.8 Å². The minimum Gasteiger partial charge on any atom is -0.359 e. The number of ketones is 1. The molecule has 0 aliphatic heterocycles. The predicted octanol–water partition coefficient (Wildman–Crippen LogP) is 6.62. The molecule has 6 nitrogen and oxygen atoms in total. The number of halogens is 1. The van der Waals surface area contributed by atoms with Gasteiger partial charge in [0.1, 0.15) is 6.29 Å². The largest absolute Gasteiger partial charge is 0.359 e. The van der Waals surface area contributed by atoms with Gasteiger partial charge in [0.15, 0.2) is 5.78 Å². The molecule has 0 saturated carbocycles. The van der Waals surface area contributed by atoms with Crippen molar-refractivity contribution in [2.45, 2.75) is 67.3 Å². The zero-order valence-electron chi connectivity index (χ0n) is 22.8. The van der Waals surface area contributed by atoms with E-state index in [1.165, 1.54) is 15.9 Å². The molecule has 1 aromatic carbocycles. The number of Topliss-reactive ketones (excluding diaryl/α,β-unsaturated/α-hetero) is 1. The molecule has 3 N–H and O–H groups in total. The van der Waals surface area contributed by atoms with E-state index >= 15 is 0 Å². The molecule has 202 valence electrons. The van der Waals surface area contributed by atoms with E-state index in [2.05, 4.69) is 35.1 Å². The van der Waals surface area contributed by atoms with Gasteiger partial charge in [0.05, 0.1) is 5.49 Å². The molecule has 2 aromatic rings. The van der Waals surface area contributed by atoms with Gasteiger partial charge in [-0.05, 0) is 57.0 Å². The zero-order chi connectivity index (χ0) is 28.1. The number of aldehydes is 1. The molecule has 1 amide bonds. The number of aryl methyl sites for hydroxylation is 1. The fourth-order valence-electron chi connectivity index (χ4n) is 2.86. The Morgan fingerprint density at radius 2 is 1.86 bits per heavy atom. The number of thiophene rings is 1. The molecule has 0 radical (unpaired) electrons. The highest BCUT2D eigenvalue weighted by Gasteiger charge is 2.12. The lowest BCUT2D eigenvalue weighted by Gasteiger charge is -2.05. The second-order valence-corrected chi connectivity index (χ2v) is 9.08. The van der Waals surface area contributed by atoms with Crippen LogP contribution in [0.15, 0.2) is 23.6 Å². The number of carbonyl (C=O) groups excluding carboxylic acids is 3. The van der Waals surface area contributed by atoms with Gasteiger partial charge in [0, 0.05) is 52.5 Å². The molecule has 0 saturated heterocycles. The van der Waals surface area contributed by atoms with Crippen LogP contribution in [-0.2, 0) is 22.6 Å². The first-order valence-electron chi connectivity index (χ1n) is 12.0. The first kappa shape index (κ1) is 36.0. The highest BCUT2D eigenvalue weighted by Crippen LogP contribution is 2.23. The predicted molar refractivity (Wildman–Crippen MR) is 160 cm³/mol. The number of thiocarbonyl (C=S) groups is 1. The highest BCUT2D eigenvalue weighted by molar-refractivity contribution is 7.79. The molecule has 0 aliphatic carbocycles. The van der Waals surface area contributed by atoms with Crippen LogP contribution in [0.2, 0.25) is 5.02 Å². The van der Waals surface area contributed by atoms with Gasteiger partial charge in [-0.15, -0.1) is 11.3 Å². The number of anilines is 1. The van der Waals surface area contributed by atoms with Crippen molar-refractivity contribution in [1.82, 2.24) is 10.6 Å². The van der Waals surface area contributed by atoms with Gasteiger partial charge in [-0.1, -0.05) is 57.6 Å². The van der Waals surface area contributed by atoms with E-state index in [-0.39, 0.29) is 17.6 Å². The summed E-state index contributed by atoms with van der Waals surface area (Å²) in [5, 5.41) is 11.2. The SMILES string of the molecule is CC.CCc1c(C(C)=O)csc1CNC.CNC(=O)C(C)CCC=O.Cc1ccc(NC=S)cc1Cl. The van der Waals surface area contributed by atoms with Gasteiger partial charge < -0.3 is 20.7 Å². The van der Waals surface area contributed by atoms with Crippen LogP contribution in [0.25, 0.3) is 0 Å². The maximum absolute atomic E-state index is 11.2. The molecular weight excluding hydrogens is 514 g/mol. The van der Waals surface area contributed by atoms with Crippen molar-refractivity contribution in [3.05, 3.63) is 50.2 Å². The molecular formula is C27H42ClN3O3S2. The van der Waals surface area contributed by atoms with Gasteiger partial charge in [0.2, 0.25) is 5.91 Å². The monoisotopic (exact) mass is 555 g/mol. The minimum atomic E-state index is -0.0461. The summed E-state index contributed by atoms with van der Waals surface area (Å²) in [5.41, 5.74) is 5.57. The zero-order valence-corrected chi connectivity index (χ0v) is 25.2. The van der Waals surface area contributed by atoms with Crippen molar-refractivity contribution in [2.75, 3.05) is 19.4 Å². The fraction of sp³-hybridized carbons (Fsp3) is 0.481. The van der Waals surface area contributed by atoms with Crippen molar-refractivity contribution in [2.24, 2.45) is 5.92 Å². The maximum Gasteiger partial charge on any atom is 0.222 e. The summed E-state index contributed by atoms with van der Waals surface area (Å²) in [6.07, 6.45) is 2.88. The van der Waals surface area contributed by atoms with E-state index < -0.39 is 0 Å². The van der Waals surface area contributed by atoms with Crippen LogP contribution in [0.3, 0.4) is 0 Å². The van der Waals surface area contributed by atoms with Crippen LogP contribution < -0.4 is 16.0 Å². The minimum absolute atomic E-state index is 0.00171. The fourth-order valence-corrected chi connectivity index (χ4v) is 4.37.